The normalized spacial score (nSPS) is 24.5. The maximum absolute atomic E-state index is 10.3. The van der Waals surface area contributed by atoms with Gasteiger partial charge < -0.3 is 10.0 Å². The van der Waals surface area contributed by atoms with E-state index in [2.05, 4.69) is 11.8 Å². The van der Waals surface area contributed by atoms with Gasteiger partial charge in [-0.1, -0.05) is 6.92 Å². The Morgan fingerprint density at radius 3 is 3.00 bits per heavy atom. The molecule has 1 N–H and O–H groups in total. The van der Waals surface area contributed by atoms with Crippen LogP contribution < -0.4 is 0 Å². The van der Waals surface area contributed by atoms with Crippen molar-refractivity contribution in [2.24, 2.45) is 5.92 Å². The van der Waals surface area contributed by atoms with Gasteiger partial charge in [0.25, 0.3) is 0 Å². The molecule has 0 aromatic rings. The number of carboxylic acid groups (broad SMARTS) is 1. The molecule has 0 radical (unpaired) electrons. The number of aliphatic carboxylic acids is 1. The molecule has 76 valence electrons. The Morgan fingerprint density at radius 2 is 2.38 bits per heavy atom. The zero-order valence-electron chi connectivity index (χ0n) is 8.33. The summed E-state index contributed by atoms with van der Waals surface area (Å²) in [5.74, 6) is 0.114. The van der Waals surface area contributed by atoms with Crippen molar-refractivity contribution in [3.63, 3.8) is 0 Å². The van der Waals surface area contributed by atoms with Crippen LogP contribution in [0.1, 0.15) is 32.6 Å². The highest BCUT2D eigenvalue weighted by atomic mass is 16.4. The van der Waals surface area contributed by atoms with Gasteiger partial charge in [0.1, 0.15) is 0 Å². The molecule has 1 heterocycles. The topological polar surface area (TPSA) is 40.5 Å². The summed E-state index contributed by atoms with van der Waals surface area (Å²) in [6.07, 6.45) is 3.70. The highest BCUT2D eigenvalue weighted by Crippen LogP contribution is 2.15. The van der Waals surface area contributed by atoms with Gasteiger partial charge in [0.05, 0.1) is 0 Å². The van der Waals surface area contributed by atoms with Crippen LogP contribution >= 0.6 is 0 Å². The average Bonchev–Trinajstić information content (AvgIpc) is 2.03. The van der Waals surface area contributed by atoms with Gasteiger partial charge >= 0.3 is 5.97 Å². The Labute approximate surface area is 79.7 Å². The number of rotatable bonds is 4. The molecule has 0 bridgehead atoms. The van der Waals surface area contributed by atoms with Crippen LogP contribution in [-0.2, 0) is 4.79 Å². The number of nitrogens with zero attached hydrogens (tertiary/aromatic N) is 1. The molecule has 0 aliphatic carbocycles. The first-order valence-electron chi connectivity index (χ1n) is 5.12. The second-order valence-electron chi connectivity index (χ2n) is 4.05. The molecule has 3 heteroatoms. The van der Waals surface area contributed by atoms with Gasteiger partial charge in [-0.15, -0.1) is 0 Å². The molecule has 0 saturated carbocycles. The lowest BCUT2D eigenvalue weighted by Crippen LogP contribution is -2.35. The largest absolute Gasteiger partial charge is 0.481 e. The lowest BCUT2D eigenvalue weighted by atomic mass is 10.0. The molecule has 0 amide bonds. The summed E-state index contributed by atoms with van der Waals surface area (Å²) < 4.78 is 0. The number of carboxylic acids is 1. The van der Waals surface area contributed by atoms with Gasteiger partial charge in [-0.05, 0) is 38.3 Å². The summed E-state index contributed by atoms with van der Waals surface area (Å²) in [6.45, 7) is 5.53. The highest BCUT2D eigenvalue weighted by Gasteiger charge is 2.15. The van der Waals surface area contributed by atoms with Crippen LogP contribution in [0, 0.1) is 5.92 Å². The van der Waals surface area contributed by atoms with Gasteiger partial charge in [0.2, 0.25) is 0 Å². The Balaban J connectivity index is 2.10. The second kappa shape index (κ2) is 5.22. The van der Waals surface area contributed by atoms with E-state index in [4.69, 9.17) is 5.11 Å². The molecule has 0 spiro atoms. The minimum Gasteiger partial charge on any atom is -0.481 e. The van der Waals surface area contributed by atoms with Gasteiger partial charge in [0, 0.05) is 13.0 Å². The Kier molecular flexibility index (Phi) is 4.22. The van der Waals surface area contributed by atoms with Gasteiger partial charge in [-0.25, -0.2) is 0 Å². The standard InChI is InChI=1S/C10H19NO2/c1-9-4-2-6-11(8-9)7-3-5-10(12)13/h9H,2-8H2,1H3,(H,12,13)/t9-/m1/s1. The average molecular weight is 185 g/mol. The number of likely N-dealkylation sites (tertiary alicyclic amines) is 1. The van der Waals surface area contributed by atoms with E-state index in [1.54, 1.807) is 0 Å². The maximum Gasteiger partial charge on any atom is 0.303 e. The van der Waals surface area contributed by atoms with Crippen LogP contribution in [0.5, 0.6) is 0 Å². The fraction of sp³-hybridized carbons (Fsp3) is 0.900. The fourth-order valence-electron chi connectivity index (χ4n) is 1.94. The van der Waals surface area contributed by atoms with Crippen molar-refractivity contribution < 1.29 is 9.90 Å². The van der Waals surface area contributed by atoms with Crippen LogP contribution in [0.2, 0.25) is 0 Å². The Bertz CT molecular complexity index is 170. The predicted molar refractivity (Wildman–Crippen MR) is 51.7 cm³/mol. The van der Waals surface area contributed by atoms with Crippen LogP contribution in [0.15, 0.2) is 0 Å². The predicted octanol–water partition coefficient (Wildman–Crippen LogP) is 1.58. The molecule has 0 unspecified atom stereocenters. The molecule has 0 aromatic heterocycles. The molecule has 0 aromatic carbocycles. The zero-order chi connectivity index (χ0) is 9.68. The van der Waals surface area contributed by atoms with Crippen molar-refractivity contribution in [2.45, 2.75) is 32.6 Å². The van der Waals surface area contributed by atoms with E-state index in [1.807, 2.05) is 0 Å². The van der Waals surface area contributed by atoms with Gasteiger partial charge in [-0.2, -0.15) is 0 Å². The fourth-order valence-corrected chi connectivity index (χ4v) is 1.94. The molecule has 1 atom stereocenters. The second-order valence-corrected chi connectivity index (χ2v) is 4.05. The third-order valence-corrected chi connectivity index (χ3v) is 2.61. The van der Waals surface area contributed by atoms with E-state index in [9.17, 15) is 4.79 Å². The van der Waals surface area contributed by atoms with Crippen molar-refractivity contribution in [3.05, 3.63) is 0 Å². The van der Waals surface area contributed by atoms with Crippen molar-refractivity contribution >= 4 is 5.97 Å². The highest BCUT2D eigenvalue weighted by molar-refractivity contribution is 5.66. The first-order chi connectivity index (χ1) is 6.18. The molecular formula is C10H19NO2. The van der Waals surface area contributed by atoms with E-state index < -0.39 is 5.97 Å². The molecule has 1 saturated heterocycles. The maximum atomic E-state index is 10.3. The van der Waals surface area contributed by atoms with E-state index >= 15 is 0 Å². The van der Waals surface area contributed by atoms with Crippen molar-refractivity contribution in [1.82, 2.24) is 4.90 Å². The molecule has 1 fully saturated rings. The summed E-state index contributed by atoms with van der Waals surface area (Å²) in [7, 11) is 0. The third-order valence-electron chi connectivity index (χ3n) is 2.61. The van der Waals surface area contributed by atoms with Gasteiger partial charge in [-0.3, -0.25) is 4.79 Å². The van der Waals surface area contributed by atoms with Gasteiger partial charge in [0.15, 0.2) is 0 Å². The SMILES string of the molecule is C[C@@H]1CCCN(CCCC(=O)O)C1. The first-order valence-corrected chi connectivity index (χ1v) is 5.12. The number of piperidine rings is 1. The Morgan fingerprint density at radius 1 is 1.62 bits per heavy atom. The van der Waals surface area contributed by atoms with Crippen LogP contribution in [0.25, 0.3) is 0 Å². The summed E-state index contributed by atoms with van der Waals surface area (Å²) in [5.41, 5.74) is 0. The first kappa shape index (κ1) is 10.5. The minimum absolute atomic E-state index is 0.310. The van der Waals surface area contributed by atoms with E-state index in [1.165, 1.54) is 12.8 Å². The monoisotopic (exact) mass is 185 g/mol. The summed E-state index contributed by atoms with van der Waals surface area (Å²) in [5, 5.41) is 8.48. The van der Waals surface area contributed by atoms with E-state index in [-0.39, 0.29) is 0 Å². The van der Waals surface area contributed by atoms with Crippen molar-refractivity contribution in [3.8, 4) is 0 Å². The quantitative estimate of drug-likeness (QED) is 0.723. The van der Waals surface area contributed by atoms with Crippen LogP contribution in [0.3, 0.4) is 0 Å². The van der Waals surface area contributed by atoms with E-state index in [0.29, 0.717) is 6.42 Å². The molecule has 1 aliphatic rings. The van der Waals surface area contributed by atoms with Crippen molar-refractivity contribution in [1.29, 1.82) is 0 Å². The van der Waals surface area contributed by atoms with Crippen LogP contribution in [-0.4, -0.2) is 35.6 Å². The molecule has 13 heavy (non-hydrogen) atoms. The lowest BCUT2D eigenvalue weighted by molar-refractivity contribution is -0.137. The number of hydrogen-bond acceptors (Lipinski definition) is 2. The number of carbonyl (C=O) groups is 1. The summed E-state index contributed by atoms with van der Waals surface area (Å²) in [4.78, 5) is 12.7. The molecule has 1 aliphatic heterocycles. The molecular weight excluding hydrogens is 166 g/mol. The van der Waals surface area contributed by atoms with E-state index in [0.717, 1.165) is 32.0 Å². The molecule has 1 rings (SSSR count). The smallest absolute Gasteiger partial charge is 0.303 e. The third kappa shape index (κ3) is 4.27. The summed E-state index contributed by atoms with van der Waals surface area (Å²) >= 11 is 0. The number of hydrogen-bond donors (Lipinski definition) is 1. The minimum atomic E-state index is -0.676. The Hall–Kier alpha value is -0.570. The molecule has 3 nitrogen and oxygen atoms in total. The van der Waals surface area contributed by atoms with Crippen LogP contribution in [0.4, 0.5) is 0 Å². The van der Waals surface area contributed by atoms with Crippen molar-refractivity contribution in [2.75, 3.05) is 19.6 Å². The summed E-state index contributed by atoms with van der Waals surface area (Å²) in [6, 6.07) is 0. The zero-order valence-corrected chi connectivity index (χ0v) is 8.33. The lowest BCUT2D eigenvalue weighted by Gasteiger charge is -2.30.